The largest absolute Gasteiger partial charge is 0.444 e. The molecule has 0 N–H and O–H groups in total. The van der Waals surface area contributed by atoms with Gasteiger partial charge in [-0.25, -0.2) is 4.79 Å². The van der Waals surface area contributed by atoms with Gasteiger partial charge in [-0.3, -0.25) is 4.90 Å². The minimum Gasteiger partial charge on any atom is -0.444 e. The van der Waals surface area contributed by atoms with Crippen LogP contribution in [0.15, 0.2) is 12.1 Å². The highest BCUT2D eigenvalue weighted by atomic mass is 16.6. The highest BCUT2D eigenvalue weighted by molar-refractivity contribution is 5.70. The Balaban J connectivity index is 2.91. The molecule has 0 aromatic heterocycles. The maximum atomic E-state index is 12.4. The Labute approximate surface area is 118 Å². The molecule has 4 nitrogen and oxygen atoms in total. The molecule has 0 saturated carbocycles. The van der Waals surface area contributed by atoms with Crippen molar-refractivity contribution in [2.75, 3.05) is 6.61 Å². The Morgan fingerprint density at radius 1 is 1.58 bits per heavy atom. The van der Waals surface area contributed by atoms with Gasteiger partial charge in [-0.15, -0.1) is 0 Å². The quantitative estimate of drug-likeness (QED) is 0.734. The molecule has 4 heteroatoms. The number of rotatable bonds is 3. The summed E-state index contributed by atoms with van der Waals surface area (Å²) in [5.41, 5.74) is -1.26. The van der Waals surface area contributed by atoms with Gasteiger partial charge in [0.2, 0.25) is 0 Å². The molecule has 1 fully saturated rings. The molecule has 0 unspecified atom stereocenters. The number of allylic oxidation sites excluding steroid dienone is 1. The summed E-state index contributed by atoms with van der Waals surface area (Å²) in [6.45, 7) is 11.6. The van der Waals surface area contributed by atoms with E-state index in [-0.39, 0.29) is 6.04 Å². The zero-order valence-electron chi connectivity index (χ0n) is 13.9. The molecule has 0 aliphatic carbocycles. The first-order valence-electron chi connectivity index (χ1n) is 7.40. The molecule has 1 aliphatic heterocycles. The van der Waals surface area contributed by atoms with E-state index in [0.29, 0.717) is 19.1 Å². The minimum absolute atomic E-state index is 0.237. The van der Waals surface area contributed by atoms with Gasteiger partial charge < -0.3 is 9.47 Å². The first-order chi connectivity index (χ1) is 9.07. The predicted molar refractivity (Wildman–Crippen MR) is 75.9 cm³/mol. The SMILES string of the molecule is [2H]/C(=C\[C@@H]1COC(C)(C)N1C(=O)OC(C)(C)C)CCC. The van der Waals surface area contributed by atoms with Crippen LogP contribution in [0.1, 0.15) is 55.8 Å². The van der Waals surface area contributed by atoms with Gasteiger partial charge in [-0.1, -0.05) is 25.5 Å². The predicted octanol–water partition coefficient (Wildman–Crippen LogP) is 3.71. The lowest BCUT2D eigenvalue weighted by molar-refractivity contribution is -0.0610. The second kappa shape index (κ2) is 5.95. The van der Waals surface area contributed by atoms with Crippen molar-refractivity contribution in [3.8, 4) is 0 Å². The second-order valence-electron chi connectivity index (χ2n) is 6.30. The summed E-state index contributed by atoms with van der Waals surface area (Å²) in [5.74, 6) is 0. The Bertz CT molecular complexity index is 385. The zero-order chi connectivity index (χ0) is 15.6. The van der Waals surface area contributed by atoms with E-state index in [1.165, 1.54) is 0 Å². The van der Waals surface area contributed by atoms with Gasteiger partial charge in [0.1, 0.15) is 11.3 Å². The van der Waals surface area contributed by atoms with E-state index in [0.717, 1.165) is 6.42 Å². The van der Waals surface area contributed by atoms with Crippen LogP contribution in [-0.2, 0) is 9.47 Å². The van der Waals surface area contributed by atoms with Crippen LogP contribution in [0.3, 0.4) is 0 Å². The van der Waals surface area contributed by atoms with E-state index in [4.69, 9.17) is 10.8 Å². The van der Waals surface area contributed by atoms with Crippen molar-refractivity contribution < 1.29 is 15.6 Å². The summed E-state index contributed by atoms with van der Waals surface area (Å²) >= 11 is 0. The van der Waals surface area contributed by atoms with Crippen LogP contribution in [0.5, 0.6) is 0 Å². The molecule has 1 aliphatic rings. The standard InChI is InChI=1S/C15H27NO3/c1-7-8-9-10-12-11-18-15(5,6)16(12)13(17)19-14(2,3)4/h9-10,12H,7-8,11H2,1-6H3/b10-9+/t12-/m1/s1/i9D. The van der Waals surface area contributed by atoms with Crippen LogP contribution >= 0.6 is 0 Å². The molecule has 1 rings (SSSR count). The number of ether oxygens (including phenoxy) is 2. The number of nitrogens with zero attached hydrogens (tertiary/aromatic N) is 1. The molecule has 19 heavy (non-hydrogen) atoms. The van der Waals surface area contributed by atoms with Crippen molar-refractivity contribution in [2.24, 2.45) is 0 Å². The summed E-state index contributed by atoms with van der Waals surface area (Å²) in [5, 5.41) is 0. The third kappa shape index (κ3) is 4.53. The molecule has 1 heterocycles. The lowest BCUT2D eigenvalue weighted by atomic mass is 10.2. The van der Waals surface area contributed by atoms with Crippen molar-refractivity contribution in [1.29, 1.82) is 0 Å². The monoisotopic (exact) mass is 270 g/mol. The Hall–Kier alpha value is -1.03. The van der Waals surface area contributed by atoms with Crippen molar-refractivity contribution in [2.45, 2.75) is 71.8 Å². The van der Waals surface area contributed by atoms with Crippen LogP contribution in [0.2, 0.25) is 0 Å². The molecule has 1 saturated heterocycles. The van der Waals surface area contributed by atoms with Crippen molar-refractivity contribution in [3.63, 3.8) is 0 Å². The summed E-state index contributed by atoms with van der Waals surface area (Å²) < 4.78 is 19.0. The average Bonchev–Trinajstić information content (AvgIpc) is 2.51. The Morgan fingerprint density at radius 2 is 2.21 bits per heavy atom. The average molecular weight is 270 g/mol. The van der Waals surface area contributed by atoms with Crippen molar-refractivity contribution in [3.05, 3.63) is 12.1 Å². The zero-order valence-corrected chi connectivity index (χ0v) is 12.9. The van der Waals surface area contributed by atoms with Gasteiger partial charge in [0, 0.05) is 0 Å². The van der Waals surface area contributed by atoms with Gasteiger partial charge >= 0.3 is 6.09 Å². The summed E-state index contributed by atoms with van der Waals surface area (Å²) in [7, 11) is 0. The van der Waals surface area contributed by atoms with Gasteiger partial charge in [0.05, 0.1) is 14.0 Å². The Morgan fingerprint density at radius 3 is 2.74 bits per heavy atom. The normalized spacial score (nSPS) is 24.3. The van der Waals surface area contributed by atoms with Crippen LogP contribution in [0.4, 0.5) is 4.79 Å². The van der Waals surface area contributed by atoms with E-state index in [1.807, 2.05) is 41.5 Å². The van der Waals surface area contributed by atoms with Gasteiger partial charge in [-0.2, -0.15) is 0 Å². The summed E-state index contributed by atoms with van der Waals surface area (Å²) in [6.07, 6.45) is 3.02. The molecule has 0 radical (unpaired) electrons. The van der Waals surface area contributed by atoms with E-state index < -0.39 is 17.4 Å². The minimum atomic E-state index is -0.712. The molecule has 0 spiro atoms. The Kier molecular flexibility index (Phi) is 4.50. The fraction of sp³-hybridized carbons (Fsp3) is 0.800. The van der Waals surface area contributed by atoms with E-state index in [1.54, 1.807) is 11.0 Å². The number of hydrogen-bond acceptors (Lipinski definition) is 3. The third-order valence-electron chi connectivity index (χ3n) is 2.81. The highest BCUT2D eigenvalue weighted by Gasteiger charge is 2.44. The maximum Gasteiger partial charge on any atom is 0.413 e. The van der Waals surface area contributed by atoms with E-state index in [2.05, 4.69) is 0 Å². The topological polar surface area (TPSA) is 38.8 Å². The molecular weight excluding hydrogens is 242 g/mol. The van der Waals surface area contributed by atoms with Crippen molar-refractivity contribution in [1.82, 2.24) is 4.90 Å². The fourth-order valence-corrected chi connectivity index (χ4v) is 1.99. The second-order valence-corrected chi connectivity index (χ2v) is 6.30. The van der Waals surface area contributed by atoms with Crippen LogP contribution < -0.4 is 0 Å². The smallest absolute Gasteiger partial charge is 0.413 e. The molecule has 0 bridgehead atoms. The first-order valence-corrected chi connectivity index (χ1v) is 6.90. The molecule has 1 atom stereocenters. The number of carbonyl (C=O) groups is 1. The van der Waals surface area contributed by atoms with Crippen LogP contribution in [0, 0.1) is 0 Å². The first kappa shape index (κ1) is 14.4. The number of hydrogen-bond donors (Lipinski definition) is 0. The molecule has 0 aromatic carbocycles. The number of carbonyl (C=O) groups excluding carboxylic acids is 1. The fourth-order valence-electron chi connectivity index (χ4n) is 1.99. The molecule has 1 amide bonds. The molecular formula is C15H27NO3. The molecule has 0 aromatic rings. The van der Waals surface area contributed by atoms with Crippen LogP contribution in [-0.4, -0.2) is 35.0 Å². The number of amides is 1. The highest BCUT2D eigenvalue weighted by Crippen LogP contribution is 2.30. The lowest BCUT2D eigenvalue weighted by Crippen LogP contribution is -2.49. The maximum absolute atomic E-state index is 12.4. The van der Waals surface area contributed by atoms with Gasteiger partial charge in [0.15, 0.2) is 0 Å². The summed E-state index contributed by atoms with van der Waals surface area (Å²) in [6, 6.07) is 0.297. The third-order valence-corrected chi connectivity index (χ3v) is 2.81. The lowest BCUT2D eigenvalue weighted by Gasteiger charge is -2.34. The van der Waals surface area contributed by atoms with Crippen molar-refractivity contribution >= 4 is 6.09 Å². The van der Waals surface area contributed by atoms with E-state index in [9.17, 15) is 4.79 Å². The van der Waals surface area contributed by atoms with Crippen LogP contribution in [0.25, 0.3) is 0 Å². The molecule has 110 valence electrons. The van der Waals surface area contributed by atoms with Gasteiger partial charge in [-0.05, 0) is 41.0 Å². The summed E-state index contributed by atoms with van der Waals surface area (Å²) in [4.78, 5) is 13.9. The van der Waals surface area contributed by atoms with E-state index >= 15 is 0 Å². The van der Waals surface area contributed by atoms with Gasteiger partial charge in [0.25, 0.3) is 0 Å².